The molecule has 0 spiro atoms. The normalized spacial score (nSPS) is 11.8. The SMILES string of the molecule is Cc1cc(Br)c(S(=O)(=O)NCCCCCCBr)cc1Br. The summed E-state index contributed by atoms with van der Waals surface area (Å²) in [5.74, 6) is 0. The molecule has 0 fully saturated rings. The first kappa shape index (κ1) is 18.6. The Bertz CT molecular complexity index is 547. The first-order chi connectivity index (χ1) is 9.38. The van der Waals surface area contributed by atoms with Gasteiger partial charge in [-0.1, -0.05) is 44.7 Å². The average Bonchev–Trinajstić information content (AvgIpc) is 2.37. The first-order valence-electron chi connectivity index (χ1n) is 6.40. The van der Waals surface area contributed by atoms with Gasteiger partial charge < -0.3 is 0 Å². The van der Waals surface area contributed by atoms with E-state index in [1.807, 2.05) is 6.92 Å². The topological polar surface area (TPSA) is 46.2 Å². The van der Waals surface area contributed by atoms with Crippen LogP contribution in [0.25, 0.3) is 0 Å². The highest BCUT2D eigenvalue weighted by Crippen LogP contribution is 2.28. The maximum atomic E-state index is 12.2. The molecule has 0 aliphatic heterocycles. The molecule has 0 heterocycles. The van der Waals surface area contributed by atoms with Crippen molar-refractivity contribution >= 4 is 57.8 Å². The minimum atomic E-state index is -3.46. The molecule has 1 N–H and O–H groups in total. The highest BCUT2D eigenvalue weighted by Gasteiger charge is 2.18. The standard InChI is InChI=1S/C13H18Br3NO2S/c1-10-8-12(16)13(9-11(10)15)20(18,19)17-7-5-3-2-4-6-14/h8-9,17H,2-7H2,1H3. The summed E-state index contributed by atoms with van der Waals surface area (Å²) in [5, 5.41) is 1.00. The summed E-state index contributed by atoms with van der Waals surface area (Å²) in [6, 6.07) is 3.43. The van der Waals surface area contributed by atoms with Gasteiger partial charge in [-0.2, -0.15) is 0 Å². The molecule has 0 saturated carbocycles. The number of halogens is 3. The van der Waals surface area contributed by atoms with Crippen molar-refractivity contribution in [3.8, 4) is 0 Å². The lowest BCUT2D eigenvalue weighted by atomic mass is 10.2. The van der Waals surface area contributed by atoms with Gasteiger partial charge in [-0.05, 0) is 53.4 Å². The average molecular weight is 492 g/mol. The number of hydrogen-bond donors (Lipinski definition) is 1. The van der Waals surface area contributed by atoms with Crippen LogP contribution in [0, 0.1) is 6.92 Å². The zero-order valence-corrected chi connectivity index (χ0v) is 16.8. The van der Waals surface area contributed by atoms with Crippen LogP contribution in [0.3, 0.4) is 0 Å². The summed E-state index contributed by atoms with van der Waals surface area (Å²) in [5.41, 5.74) is 0.991. The molecule has 0 unspecified atom stereocenters. The lowest BCUT2D eigenvalue weighted by molar-refractivity contribution is 0.573. The molecule has 0 radical (unpaired) electrons. The van der Waals surface area contributed by atoms with E-state index in [1.54, 1.807) is 12.1 Å². The molecular formula is C13H18Br3NO2S. The van der Waals surface area contributed by atoms with Crippen LogP contribution in [0.5, 0.6) is 0 Å². The van der Waals surface area contributed by atoms with Crippen molar-refractivity contribution in [3.63, 3.8) is 0 Å². The Morgan fingerprint density at radius 1 is 1.05 bits per heavy atom. The largest absolute Gasteiger partial charge is 0.241 e. The van der Waals surface area contributed by atoms with Gasteiger partial charge >= 0.3 is 0 Å². The third-order valence-corrected chi connectivity index (χ3v) is 6.69. The van der Waals surface area contributed by atoms with Gasteiger partial charge in [0.25, 0.3) is 0 Å². The molecule has 0 aliphatic carbocycles. The Kier molecular flexibility index (Phi) is 8.27. The van der Waals surface area contributed by atoms with Crippen LogP contribution in [0.15, 0.2) is 26.0 Å². The number of alkyl halides is 1. The minimum Gasteiger partial charge on any atom is -0.211 e. The van der Waals surface area contributed by atoms with E-state index in [4.69, 9.17) is 0 Å². The van der Waals surface area contributed by atoms with Gasteiger partial charge in [-0.15, -0.1) is 0 Å². The Labute approximate surface area is 146 Å². The van der Waals surface area contributed by atoms with Crippen LogP contribution >= 0.6 is 47.8 Å². The molecule has 3 nitrogen and oxygen atoms in total. The zero-order chi connectivity index (χ0) is 15.2. The number of aryl methyl sites for hydroxylation is 1. The molecule has 1 aromatic carbocycles. The third-order valence-electron chi connectivity index (χ3n) is 2.86. The predicted octanol–water partition coefficient (Wildman–Crippen LogP) is 4.75. The van der Waals surface area contributed by atoms with Crippen LogP contribution in [0.4, 0.5) is 0 Å². The Morgan fingerprint density at radius 3 is 2.35 bits per heavy atom. The van der Waals surface area contributed by atoms with Crippen LogP contribution in [0.1, 0.15) is 31.2 Å². The third kappa shape index (κ3) is 5.75. The zero-order valence-electron chi connectivity index (χ0n) is 11.3. The summed E-state index contributed by atoms with van der Waals surface area (Å²) < 4.78 is 28.5. The van der Waals surface area contributed by atoms with Gasteiger partial charge in [0.2, 0.25) is 10.0 Å². The number of nitrogens with one attached hydrogen (secondary N) is 1. The molecular weight excluding hydrogens is 474 g/mol. The number of sulfonamides is 1. The van der Waals surface area contributed by atoms with Crippen LogP contribution in [-0.4, -0.2) is 20.3 Å². The fraction of sp³-hybridized carbons (Fsp3) is 0.538. The molecule has 1 aromatic rings. The predicted molar refractivity (Wildman–Crippen MR) is 94.0 cm³/mol. The fourth-order valence-electron chi connectivity index (χ4n) is 1.69. The molecule has 0 amide bonds. The van der Waals surface area contributed by atoms with Gasteiger partial charge in [-0.25, -0.2) is 13.1 Å². The summed E-state index contributed by atoms with van der Waals surface area (Å²) in [4.78, 5) is 0.274. The smallest absolute Gasteiger partial charge is 0.211 e. The highest BCUT2D eigenvalue weighted by molar-refractivity contribution is 9.11. The second kappa shape index (κ2) is 8.88. The Hall–Kier alpha value is 0.570. The second-order valence-corrected chi connectivity index (χ2v) is 8.77. The molecule has 0 saturated heterocycles. The van der Waals surface area contributed by atoms with E-state index in [9.17, 15) is 8.42 Å². The number of hydrogen-bond acceptors (Lipinski definition) is 2. The molecule has 20 heavy (non-hydrogen) atoms. The van der Waals surface area contributed by atoms with Crippen molar-refractivity contribution in [2.75, 3.05) is 11.9 Å². The molecule has 0 bridgehead atoms. The van der Waals surface area contributed by atoms with Crippen LogP contribution < -0.4 is 4.72 Å². The minimum absolute atomic E-state index is 0.274. The van der Waals surface area contributed by atoms with Crippen molar-refractivity contribution in [1.82, 2.24) is 4.72 Å². The van der Waals surface area contributed by atoms with E-state index in [-0.39, 0.29) is 4.90 Å². The van der Waals surface area contributed by atoms with Crippen molar-refractivity contribution in [2.24, 2.45) is 0 Å². The van der Waals surface area contributed by atoms with Gasteiger partial charge in [0.05, 0.1) is 4.90 Å². The molecule has 1 rings (SSSR count). The number of benzene rings is 1. The molecule has 7 heteroatoms. The second-order valence-electron chi connectivity index (χ2n) is 4.53. The monoisotopic (exact) mass is 489 g/mol. The lowest BCUT2D eigenvalue weighted by Gasteiger charge is -2.10. The van der Waals surface area contributed by atoms with Gasteiger partial charge in [0.15, 0.2) is 0 Å². The van der Waals surface area contributed by atoms with Gasteiger partial charge in [0, 0.05) is 20.8 Å². The number of rotatable bonds is 8. The van der Waals surface area contributed by atoms with Crippen molar-refractivity contribution < 1.29 is 8.42 Å². The van der Waals surface area contributed by atoms with E-state index in [1.165, 1.54) is 0 Å². The van der Waals surface area contributed by atoms with E-state index in [2.05, 4.69) is 52.5 Å². The summed E-state index contributed by atoms with van der Waals surface area (Å²) in [6.07, 6.45) is 4.14. The van der Waals surface area contributed by atoms with Gasteiger partial charge in [0.1, 0.15) is 0 Å². The van der Waals surface area contributed by atoms with Gasteiger partial charge in [-0.3, -0.25) is 0 Å². The van der Waals surface area contributed by atoms with Crippen molar-refractivity contribution in [3.05, 3.63) is 26.6 Å². The summed E-state index contributed by atoms with van der Waals surface area (Å²) >= 11 is 10.1. The quantitative estimate of drug-likeness (QED) is 0.421. The molecule has 0 aromatic heterocycles. The molecule has 0 atom stereocenters. The summed E-state index contributed by atoms with van der Waals surface area (Å²) in [7, 11) is -3.46. The first-order valence-corrected chi connectivity index (χ1v) is 10.6. The molecule has 114 valence electrons. The van der Waals surface area contributed by atoms with E-state index < -0.39 is 10.0 Å². The Balaban J connectivity index is 2.63. The maximum absolute atomic E-state index is 12.2. The van der Waals surface area contributed by atoms with E-state index in [0.29, 0.717) is 11.0 Å². The maximum Gasteiger partial charge on any atom is 0.241 e. The Morgan fingerprint density at radius 2 is 1.70 bits per heavy atom. The van der Waals surface area contributed by atoms with E-state index in [0.717, 1.165) is 41.0 Å². The summed E-state index contributed by atoms with van der Waals surface area (Å²) in [6.45, 7) is 2.39. The van der Waals surface area contributed by atoms with Crippen molar-refractivity contribution in [1.29, 1.82) is 0 Å². The fourth-order valence-corrected chi connectivity index (χ4v) is 4.84. The lowest BCUT2D eigenvalue weighted by Crippen LogP contribution is -2.25. The van der Waals surface area contributed by atoms with Crippen LogP contribution in [-0.2, 0) is 10.0 Å². The van der Waals surface area contributed by atoms with Crippen molar-refractivity contribution in [2.45, 2.75) is 37.5 Å². The molecule has 0 aliphatic rings. The highest BCUT2D eigenvalue weighted by atomic mass is 79.9. The van der Waals surface area contributed by atoms with E-state index >= 15 is 0 Å². The van der Waals surface area contributed by atoms with Crippen LogP contribution in [0.2, 0.25) is 0 Å². The number of unbranched alkanes of at least 4 members (excludes halogenated alkanes) is 3.